The van der Waals surface area contributed by atoms with Gasteiger partial charge in [-0.15, -0.1) is 0 Å². The van der Waals surface area contributed by atoms with E-state index >= 15 is 0 Å². The number of hydrogen-bond donors (Lipinski definition) is 1. The number of rotatable bonds is 5. The smallest absolute Gasteiger partial charge is 0.251 e. The minimum atomic E-state index is -0.634. The summed E-state index contributed by atoms with van der Waals surface area (Å²) >= 11 is 2.97. The fourth-order valence-corrected chi connectivity index (χ4v) is 2.91. The molecule has 1 aromatic heterocycles. The number of aromatic nitrogens is 2. The summed E-state index contributed by atoms with van der Waals surface area (Å²) in [4.78, 5) is 18.3. The SMILES string of the molecule is CSCSc1nc(Cc2c(F)cccc2F)cc(=O)[nH]1. The van der Waals surface area contributed by atoms with Crippen LogP contribution >= 0.6 is 23.5 Å². The van der Waals surface area contributed by atoms with E-state index in [4.69, 9.17) is 0 Å². The van der Waals surface area contributed by atoms with Crippen LogP contribution in [0.3, 0.4) is 0 Å². The van der Waals surface area contributed by atoms with E-state index in [0.29, 0.717) is 10.9 Å². The molecule has 0 amide bonds. The Morgan fingerprint density at radius 3 is 2.65 bits per heavy atom. The van der Waals surface area contributed by atoms with E-state index < -0.39 is 11.6 Å². The van der Waals surface area contributed by atoms with Crippen molar-refractivity contribution in [2.75, 3.05) is 11.3 Å². The van der Waals surface area contributed by atoms with Gasteiger partial charge < -0.3 is 4.98 Å². The first-order valence-corrected chi connectivity index (χ1v) is 8.13. The van der Waals surface area contributed by atoms with Gasteiger partial charge in [0.05, 0.1) is 5.69 Å². The van der Waals surface area contributed by atoms with Crippen molar-refractivity contribution in [2.45, 2.75) is 11.6 Å². The molecule has 106 valence electrons. The molecule has 0 atom stereocenters. The van der Waals surface area contributed by atoms with Crippen LogP contribution in [-0.4, -0.2) is 21.3 Å². The lowest BCUT2D eigenvalue weighted by Gasteiger charge is -2.06. The van der Waals surface area contributed by atoms with Crippen molar-refractivity contribution in [1.82, 2.24) is 9.97 Å². The number of halogens is 2. The second-order valence-electron chi connectivity index (χ2n) is 3.97. The zero-order valence-corrected chi connectivity index (χ0v) is 12.3. The normalized spacial score (nSPS) is 10.8. The molecule has 2 aromatic rings. The topological polar surface area (TPSA) is 45.8 Å². The lowest BCUT2D eigenvalue weighted by molar-refractivity contribution is 0.559. The highest BCUT2D eigenvalue weighted by Crippen LogP contribution is 2.19. The van der Waals surface area contributed by atoms with E-state index in [-0.39, 0.29) is 17.5 Å². The number of nitrogens with zero attached hydrogens (tertiary/aromatic N) is 1. The number of hydrogen-bond acceptors (Lipinski definition) is 4. The molecular weight excluding hydrogens is 302 g/mol. The number of aromatic amines is 1. The summed E-state index contributed by atoms with van der Waals surface area (Å²) < 4.78 is 27.2. The van der Waals surface area contributed by atoms with Crippen molar-refractivity contribution in [2.24, 2.45) is 0 Å². The maximum atomic E-state index is 13.6. The predicted octanol–water partition coefficient (Wildman–Crippen LogP) is 3.05. The quantitative estimate of drug-likeness (QED) is 0.523. The van der Waals surface area contributed by atoms with E-state index in [2.05, 4.69) is 9.97 Å². The van der Waals surface area contributed by atoms with Crippen LogP contribution in [0.25, 0.3) is 0 Å². The van der Waals surface area contributed by atoms with Crippen molar-refractivity contribution >= 4 is 23.5 Å². The van der Waals surface area contributed by atoms with Gasteiger partial charge >= 0.3 is 0 Å². The van der Waals surface area contributed by atoms with Gasteiger partial charge in [-0.3, -0.25) is 4.79 Å². The van der Waals surface area contributed by atoms with E-state index in [9.17, 15) is 13.6 Å². The highest BCUT2D eigenvalue weighted by Gasteiger charge is 2.11. The summed E-state index contributed by atoms with van der Waals surface area (Å²) in [5.74, 6) is -1.27. The van der Waals surface area contributed by atoms with Gasteiger partial charge in [-0.25, -0.2) is 13.8 Å². The minimum absolute atomic E-state index is 0.0464. The summed E-state index contributed by atoms with van der Waals surface area (Å²) in [6.45, 7) is 0. The predicted molar refractivity (Wildman–Crippen MR) is 78.3 cm³/mol. The molecule has 0 unspecified atom stereocenters. The Bertz CT molecular complexity index is 641. The van der Waals surface area contributed by atoms with Gasteiger partial charge in [-0.05, 0) is 18.4 Å². The molecule has 0 aliphatic carbocycles. The van der Waals surface area contributed by atoms with E-state index in [1.807, 2.05) is 6.26 Å². The second kappa shape index (κ2) is 6.90. The molecule has 0 bridgehead atoms. The molecule has 7 heteroatoms. The third-order valence-electron chi connectivity index (χ3n) is 2.51. The lowest BCUT2D eigenvalue weighted by atomic mass is 10.1. The highest BCUT2D eigenvalue weighted by atomic mass is 32.2. The average Bonchev–Trinajstić information content (AvgIpc) is 2.40. The molecule has 1 N–H and O–H groups in total. The van der Waals surface area contributed by atoms with Gasteiger partial charge in [0.2, 0.25) is 0 Å². The van der Waals surface area contributed by atoms with Gasteiger partial charge in [0.15, 0.2) is 5.16 Å². The summed E-state index contributed by atoms with van der Waals surface area (Å²) in [5, 5.41) is 1.19. The van der Waals surface area contributed by atoms with E-state index in [0.717, 1.165) is 5.08 Å². The van der Waals surface area contributed by atoms with Crippen molar-refractivity contribution in [3.05, 3.63) is 57.5 Å². The molecule has 1 heterocycles. The molecule has 3 nitrogen and oxygen atoms in total. The molecule has 0 saturated carbocycles. The molecule has 20 heavy (non-hydrogen) atoms. The van der Waals surface area contributed by atoms with E-state index in [1.54, 1.807) is 11.8 Å². The Kier molecular flexibility index (Phi) is 5.19. The van der Waals surface area contributed by atoms with Crippen molar-refractivity contribution in [3.8, 4) is 0 Å². The first kappa shape index (κ1) is 15.1. The van der Waals surface area contributed by atoms with Crippen LogP contribution in [0.2, 0.25) is 0 Å². The van der Waals surface area contributed by atoms with Crippen molar-refractivity contribution < 1.29 is 8.78 Å². The Morgan fingerprint density at radius 1 is 1.30 bits per heavy atom. The van der Waals surface area contributed by atoms with Gasteiger partial charge in [0.1, 0.15) is 11.6 Å². The van der Waals surface area contributed by atoms with Crippen LogP contribution in [0, 0.1) is 11.6 Å². The number of H-pyrrole nitrogens is 1. The maximum absolute atomic E-state index is 13.6. The average molecular weight is 314 g/mol. The second-order valence-corrected chi connectivity index (χ2v) is 6.17. The molecule has 0 aliphatic heterocycles. The van der Waals surface area contributed by atoms with Crippen molar-refractivity contribution in [1.29, 1.82) is 0 Å². The zero-order valence-electron chi connectivity index (χ0n) is 10.7. The lowest BCUT2D eigenvalue weighted by Crippen LogP contribution is -2.11. The molecule has 0 fully saturated rings. The highest BCUT2D eigenvalue weighted by molar-refractivity contribution is 8.15. The maximum Gasteiger partial charge on any atom is 0.251 e. The van der Waals surface area contributed by atoms with Crippen LogP contribution in [0.1, 0.15) is 11.3 Å². The minimum Gasteiger partial charge on any atom is -0.301 e. The summed E-state index contributed by atoms with van der Waals surface area (Å²) in [6.07, 6.45) is 1.89. The van der Waals surface area contributed by atoms with Gasteiger partial charge in [-0.1, -0.05) is 17.8 Å². The Balaban J connectivity index is 2.29. The first-order valence-electron chi connectivity index (χ1n) is 5.75. The summed E-state index contributed by atoms with van der Waals surface area (Å²) in [5.41, 5.74) is -0.0527. The molecule has 2 rings (SSSR count). The Hall–Kier alpha value is -1.34. The van der Waals surface area contributed by atoms with Gasteiger partial charge in [0.25, 0.3) is 5.56 Å². The zero-order chi connectivity index (χ0) is 14.5. The number of nitrogens with one attached hydrogen (secondary N) is 1. The number of thioether (sulfide) groups is 2. The number of benzene rings is 1. The fraction of sp³-hybridized carbons (Fsp3) is 0.231. The monoisotopic (exact) mass is 314 g/mol. The molecular formula is C13H12F2N2OS2. The van der Waals surface area contributed by atoms with Crippen molar-refractivity contribution in [3.63, 3.8) is 0 Å². The van der Waals surface area contributed by atoms with E-state index in [1.165, 1.54) is 36.0 Å². The van der Waals surface area contributed by atoms with Crippen LogP contribution < -0.4 is 5.56 Å². The van der Waals surface area contributed by atoms with Gasteiger partial charge in [-0.2, -0.15) is 11.8 Å². The molecule has 1 aromatic carbocycles. The van der Waals surface area contributed by atoms with Crippen LogP contribution in [0.5, 0.6) is 0 Å². The third kappa shape index (κ3) is 3.83. The summed E-state index contributed by atoms with van der Waals surface area (Å²) in [6, 6.07) is 4.94. The van der Waals surface area contributed by atoms with Crippen LogP contribution in [0.4, 0.5) is 8.78 Å². The third-order valence-corrected chi connectivity index (χ3v) is 4.39. The summed E-state index contributed by atoms with van der Waals surface area (Å²) in [7, 11) is 0. The molecule has 0 radical (unpaired) electrons. The first-order chi connectivity index (χ1) is 9.60. The van der Waals surface area contributed by atoms with Gasteiger partial charge in [0, 0.05) is 23.1 Å². The fourth-order valence-electron chi connectivity index (χ4n) is 1.64. The molecule has 0 spiro atoms. The molecule has 0 aliphatic rings. The van der Waals surface area contributed by atoms with Crippen LogP contribution in [0.15, 0.2) is 34.2 Å². The Labute approximate surface area is 123 Å². The standard InChI is InChI=1S/C13H12F2N2OS2/c1-19-7-20-13-16-8(6-12(18)17-13)5-9-10(14)3-2-4-11(9)15/h2-4,6H,5,7H2,1H3,(H,16,17,18). The Morgan fingerprint density at radius 2 is 2.00 bits per heavy atom. The molecule has 0 saturated heterocycles. The van der Waals surface area contributed by atoms with Crippen LogP contribution in [-0.2, 0) is 6.42 Å². The largest absolute Gasteiger partial charge is 0.301 e.